The van der Waals surface area contributed by atoms with Crippen LogP contribution in [-0.2, 0) is 14.3 Å². The van der Waals surface area contributed by atoms with Crippen LogP contribution in [0.4, 0.5) is 0 Å². The minimum atomic E-state index is -0.546. The lowest BCUT2D eigenvalue weighted by atomic mass is 10.2. The minimum Gasteiger partial charge on any atom is -0.504 e. The van der Waals surface area contributed by atoms with Crippen LogP contribution in [-0.4, -0.2) is 35.4 Å². The van der Waals surface area contributed by atoms with Crippen LogP contribution in [0.25, 0.3) is 0 Å². The molecule has 23 heavy (non-hydrogen) atoms. The first-order valence-corrected chi connectivity index (χ1v) is 7.43. The number of benzene rings is 1. The fraction of sp³-hybridized carbons (Fsp3) is 0.412. The molecule has 6 nitrogen and oxygen atoms in total. The molecule has 1 aromatic carbocycles. The number of ether oxygens (including phenoxy) is 2. The summed E-state index contributed by atoms with van der Waals surface area (Å²) in [5.74, 6) is -1.57. The molecular weight excluding hydrogens is 300 g/mol. The summed E-state index contributed by atoms with van der Waals surface area (Å²) in [5, 5.41) is 18.5. The average Bonchev–Trinajstić information content (AvgIpc) is 2.51. The summed E-state index contributed by atoms with van der Waals surface area (Å²) < 4.78 is 10.0. The number of hydrogen-bond donors (Lipinski definition) is 2. The number of carbonyl (C=O) groups is 2. The number of unbranched alkanes of at least 4 members (excludes halogenated alkanes) is 3. The zero-order valence-corrected chi connectivity index (χ0v) is 13.2. The molecule has 6 heteroatoms. The molecule has 0 aliphatic carbocycles. The average molecular weight is 322 g/mol. The van der Waals surface area contributed by atoms with Crippen LogP contribution in [0.5, 0.6) is 11.5 Å². The van der Waals surface area contributed by atoms with Crippen LogP contribution >= 0.6 is 0 Å². The molecule has 0 fully saturated rings. The Morgan fingerprint density at radius 1 is 1.00 bits per heavy atom. The highest BCUT2D eigenvalue weighted by molar-refractivity contribution is 5.90. The van der Waals surface area contributed by atoms with E-state index in [0.717, 1.165) is 25.3 Å². The second-order valence-corrected chi connectivity index (χ2v) is 5.17. The first-order valence-electron chi connectivity index (χ1n) is 7.43. The fourth-order valence-electron chi connectivity index (χ4n) is 1.74. The van der Waals surface area contributed by atoms with Crippen molar-refractivity contribution in [3.8, 4) is 11.5 Å². The van der Waals surface area contributed by atoms with Crippen LogP contribution in [0.15, 0.2) is 30.4 Å². The standard InChI is InChI=1S/C17H22O6/c1-12(2)16(20)22-9-5-3-4-6-10-23-17(21)13-7-8-14(18)15(19)11-13/h7-8,11,18-19H,1,3-6,9-10H2,2H3. The summed E-state index contributed by atoms with van der Waals surface area (Å²) in [7, 11) is 0. The zero-order chi connectivity index (χ0) is 17.2. The summed E-state index contributed by atoms with van der Waals surface area (Å²) >= 11 is 0. The molecule has 0 bridgehead atoms. The number of phenols is 2. The van der Waals surface area contributed by atoms with Crippen LogP contribution in [0.1, 0.15) is 43.0 Å². The molecule has 1 aromatic rings. The van der Waals surface area contributed by atoms with Gasteiger partial charge in [0.2, 0.25) is 0 Å². The molecule has 0 aliphatic rings. The Labute approximate surface area is 135 Å². The molecule has 126 valence electrons. The van der Waals surface area contributed by atoms with Gasteiger partial charge in [0, 0.05) is 5.57 Å². The third-order valence-corrected chi connectivity index (χ3v) is 3.06. The van der Waals surface area contributed by atoms with Gasteiger partial charge in [-0.15, -0.1) is 0 Å². The van der Waals surface area contributed by atoms with Crippen molar-refractivity contribution in [2.45, 2.75) is 32.6 Å². The molecule has 0 saturated carbocycles. The maximum atomic E-state index is 11.7. The molecule has 2 N–H and O–H groups in total. The number of rotatable bonds is 9. The molecule has 0 saturated heterocycles. The van der Waals surface area contributed by atoms with Gasteiger partial charge in [-0.25, -0.2) is 9.59 Å². The quantitative estimate of drug-likeness (QED) is 0.314. The molecule has 0 aliphatic heterocycles. The zero-order valence-electron chi connectivity index (χ0n) is 13.2. The molecular formula is C17H22O6. The van der Waals surface area contributed by atoms with Crippen molar-refractivity contribution in [1.29, 1.82) is 0 Å². The van der Waals surface area contributed by atoms with Crippen LogP contribution in [0.2, 0.25) is 0 Å². The van der Waals surface area contributed by atoms with Gasteiger partial charge >= 0.3 is 11.9 Å². The van der Waals surface area contributed by atoms with Gasteiger partial charge in [0.05, 0.1) is 18.8 Å². The van der Waals surface area contributed by atoms with Crippen molar-refractivity contribution in [1.82, 2.24) is 0 Å². The SMILES string of the molecule is C=C(C)C(=O)OCCCCCCOC(=O)c1ccc(O)c(O)c1. The maximum Gasteiger partial charge on any atom is 0.338 e. The van der Waals surface area contributed by atoms with Gasteiger partial charge in [-0.05, 0) is 50.8 Å². The van der Waals surface area contributed by atoms with E-state index in [-0.39, 0.29) is 29.6 Å². The molecule has 1 rings (SSSR count). The van der Waals surface area contributed by atoms with Crippen LogP contribution < -0.4 is 0 Å². The lowest BCUT2D eigenvalue weighted by Crippen LogP contribution is -2.07. The van der Waals surface area contributed by atoms with Crippen molar-refractivity contribution in [2.75, 3.05) is 13.2 Å². The topological polar surface area (TPSA) is 93.1 Å². The Morgan fingerprint density at radius 3 is 2.17 bits per heavy atom. The Balaban J connectivity index is 2.10. The third kappa shape index (κ3) is 6.86. The number of esters is 2. The largest absolute Gasteiger partial charge is 0.504 e. The van der Waals surface area contributed by atoms with E-state index in [9.17, 15) is 14.7 Å². The normalized spacial score (nSPS) is 10.1. The van der Waals surface area contributed by atoms with Gasteiger partial charge in [-0.1, -0.05) is 6.58 Å². The van der Waals surface area contributed by atoms with Crippen LogP contribution in [0, 0.1) is 0 Å². The fourth-order valence-corrected chi connectivity index (χ4v) is 1.74. The molecule has 0 heterocycles. The van der Waals surface area contributed by atoms with E-state index in [0.29, 0.717) is 18.6 Å². The molecule has 0 amide bonds. The highest BCUT2D eigenvalue weighted by Gasteiger charge is 2.09. The van der Waals surface area contributed by atoms with E-state index in [1.165, 1.54) is 12.1 Å². The number of phenolic OH excluding ortho intramolecular Hbond substituents is 2. The smallest absolute Gasteiger partial charge is 0.338 e. The van der Waals surface area contributed by atoms with Crippen molar-refractivity contribution in [3.05, 3.63) is 35.9 Å². The Hall–Kier alpha value is -2.50. The van der Waals surface area contributed by atoms with Crippen molar-refractivity contribution < 1.29 is 29.3 Å². The van der Waals surface area contributed by atoms with E-state index in [2.05, 4.69) is 6.58 Å². The number of hydrogen-bond acceptors (Lipinski definition) is 6. The summed E-state index contributed by atoms with van der Waals surface area (Å²) in [6.45, 7) is 5.72. The number of carbonyl (C=O) groups excluding carboxylic acids is 2. The van der Waals surface area contributed by atoms with Crippen molar-refractivity contribution >= 4 is 11.9 Å². The third-order valence-electron chi connectivity index (χ3n) is 3.06. The van der Waals surface area contributed by atoms with E-state index >= 15 is 0 Å². The van der Waals surface area contributed by atoms with Gasteiger partial charge in [0.15, 0.2) is 11.5 Å². The van der Waals surface area contributed by atoms with E-state index in [1.807, 2.05) is 0 Å². The first-order chi connectivity index (χ1) is 10.9. The highest BCUT2D eigenvalue weighted by Crippen LogP contribution is 2.25. The Morgan fingerprint density at radius 2 is 1.61 bits per heavy atom. The highest BCUT2D eigenvalue weighted by atomic mass is 16.5. The van der Waals surface area contributed by atoms with Crippen LogP contribution in [0.3, 0.4) is 0 Å². The van der Waals surface area contributed by atoms with Crippen molar-refractivity contribution in [2.24, 2.45) is 0 Å². The van der Waals surface area contributed by atoms with E-state index in [1.54, 1.807) is 6.92 Å². The van der Waals surface area contributed by atoms with Gasteiger partial charge < -0.3 is 19.7 Å². The molecule has 0 atom stereocenters. The first kappa shape index (κ1) is 18.5. The van der Waals surface area contributed by atoms with Gasteiger partial charge in [0.1, 0.15) is 0 Å². The van der Waals surface area contributed by atoms with Gasteiger partial charge in [-0.3, -0.25) is 0 Å². The summed E-state index contributed by atoms with van der Waals surface area (Å²) in [6, 6.07) is 3.78. The maximum absolute atomic E-state index is 11.7. The predicted octanol–water partition coefficient (Wildman–Crippen LogP) is 2.93. The predicted molar refractivity (Wildman–Crippen MR) is 84.3 cm³/mol. The summed E-state index contributed by atoms with van der Waals surface area (Å²) in [6.07, 6.45) is 3.16. The molecule has 0 aromatic heterocycles. The van der Waals surface area contributed by atoms with E-state index < -0.39 is 5.97 Å². The Kier molecular flexibility index (Phi) is 7.66. The summed E-state index contributed by atoms with van der Waals surface area (Å²) in [5.41, 5.74) is 0.573. The minimum absolute atomic E-state index is 0.187. The van der Waals surface area contributed by atoms with E-state index in [4.69, 9.17) is 14.6 Å². The summed E-state index contributed by atoms with van der Waals surface area (Å²) in [4.78, 5) is 22.8. The van der Waals surface area contributed by atoms with Gasteiger partial charge in [0.25, 0.3) is 0 Å². The second-order valence-electron chi connectivity index (χ2n) is 5.17. The lowest BCUT2D eigenvalue weighted by Gasteiger charge is -2.06. The van der Waals surface area contributed by atoms with Crippen molar-refractivity contribution in [3.63, 3.8) is 0 Å². The second kappa shape index (κ2) is 9.50. The lowest BCUT2D eigenvalue weighted by molar-refractivity contribution is -0.139. The molecule has 0 unspecified atom stereocenters. The number of aromatic hydroxyl groups is 2. The molecule has 0 spiro atoms. The monoisotopic (exact) mass is 322 g/mol. The Bertz CT molecular complexity index is 564. The molecule has 0 radical (unpaired) electrons. The van der Waals surface area contributed by atoms with Gasteiger partial charge in [-0.2, -0.15) is 0 Å².